The quantitative estimate of drug-likeness (QED) is 0.818. The first-order chi connectivity index (χ1) is 8.22. The van der Waals surface area contributed by atoms with E-state index < -0.39 is 5.97 Å². The standard InChI is InChI=1S/C14H23NO2/c16-14(17)11-3-5-15(6-4-11)9-13-8-10-1-2-12(13)7-10/h10-13H,1-9H2,(H,16,17). The van der Waals surface area contributed by atoms with Crippen molar-refractivity contribution in [2.45, 2.75) is 38.5 Å². The highest BCUT2D eigenvalue weighted by Gasteiger charge is 2.40. The molecule has 3 aliphatic rings. The summed E-state index contributed by atoms with van der Waals surface area (Å²) in [5.74, 6) is 2.28. The molecule has 3 heteroatoms. The molecule has 2 bridgehead atoms. The SMILES string of the molecule is O=C(O)C1CCN(CC2CC3CCC2C3)CC1. The molecule has 1 aliphatic heterocycles. The summed E-state index contributed by atoms with van der Waals surface area (Å²) >= 11 is 0. The normalized spacial score (nSPS) is 38.7. The summed E-state index contributed by atoms with van der Waals surface area (Å²) in [6, 6.07) is 0. The fraction of sp³-hybridized carbons (Fsp3) is 0.929. The molecule has 0 aromatic rings. The largest absolute Gasteiger partial charge is 0.481 e. The van der Waals surface area contributed by atoms with Gasteiger partial charge in [-0.2, -0.15) is 0 Å². The third-order valence-electron chi connectivity index (χ3n) is 5.31. The molecule has 1 heterocycles. The molecule has 2 saturated carbocycles. The van der Waals surface area contributed by atoms with Crippen molar-refractivity contribution >= 4 is 5.97 Å². The van der Waals surface area contributed by atoms with Crippen LogP contribution in [0.2, 0.25) is 0 Å². The van der Waals surface area contributed by atoms with Crippen LogP contribution in [-0.2, 0) is 4.79 Å². The molecule has 3 atom stereocenters. The van der Waals surface area contributed by atoms with Gasteiger partial charge in [0.1, 0.15) is 0 Å². The van der Waals surface area contributed by atoms with E-state index in [4.69, 9.17) is 5.11 Å². The van der Waals surface area contributed by atoms with Crippen molar-refractivity contribution in [1.82, 2.24) is 4.90 Å². The zero-order valence-electron chi connectivity index (χ0n) is 10.5. The Bertz CT molecular complexity index is 297. The van der Waals surface area contributed by atoms with Gasteiger partial charge in [-0.3, -0.25) is 4.79 Å². The van der Waals surface area contributed by atoms with Gasteiger partial charge in [-0.1, -0.05) is 6.42 Å². The van der Waals surface area contributed by atoms with Crippen molar-refractivity contribution in [3.05, 3.63) is 0 Å². The van der Waals surface area contributed by atoms with Crippen LogP contribution in [0.15, 0.2) is 0 Å². The number of nitrogens with zero attached hydrogens (tertiary/aromatic N) is 1. The maximum Gasteiger partial charge on any atom is 0.306 e. The second-order valence-corrected chi connectivity index (χ2v) is 6.35. The Morgan fingerprint density at radius 1 is 1.12 bits per heavy atom. The first-order valence-electron chi connectivity index (χ1n) is 7.17. The van der Waals surface area contributed by atoms with Crippen molar-refractivity contribution in [3.8, 4) is 0 Å². The molecule has 0 aromatic carbocycles. The fourth-order valence-electron chi connectivity index (χ4n) is 4.29. The van der Waals surface area contributed by atoms with E-state index in [0.29, 0.717) is 0 Å². The van der Waals surface area contributed by atoms with Gasteiger partial charge in [-0.25, -0.2) is 0 Å². The summed E-state index contributed by atoms with van der Waals surface area (Å²) in [5, 5.41) is 8.98. The molecule has 96 valence electrons. The Morgan fingerprint density at radius 2 is 1.88 bits per heavy atom. The van der Waals surface area contributed by atoms with Gasteiger partial charge in [0, 0.05) is 6.54 Å². The van der Waals surface area contributed by atoms with Crippen LogP contribution in [0.1, 0.15) is 38.5 Å². The van der Waals surface area contributed by atoms with Gasteiger partial charge in [-0.15, -0.1) is 0 Å². The number of carbonyl (C=O) groups is 1. The fourth-order valence-corrected chi connectivity index (χ4v) is 4.29. The Morgan fingerprint density at radius 3 is 2.41 bits per heavy atom. The third kappa shape index (κ3) is 2.35. The highest BCUT2D eigenvalue weighted by Crippen LogP contribution is 2.48. The van der Waals surface area contributed by atoms with Gasteiger partial charge in [-0.05, 0) is 62.9 Å². The summed E-state index contributed by atoms with van der Waals surface area (Å²) in [6.07, 6.45) is 7.58. The summed E-state index contributed by atoms with van der Waals surface area (Å²) in [7, 11) is 0. The van der Waals surface area contributed by atoms with Crippen LogP contribution in [0, 0.1) is 23.7 Å². The van der Waals surface area contributed by atoms with Crippen LogP contribution in [0.4, 0.5) is 0 Å². The van der Waals surface area contributed by atoms with Gasteiger partial charge < -0.3 is 10.0 Å². The lowest BCUT2D eigenvalue weighted by Crippen LogP contribution is -2.39. The number of aliphatic carboxylic acids is 1. The van der Waals surface area contributed by atoms with Crippen molar-refractivity contribution in [2.75, 3.05) is 19.6 Å². The topological polar surface area (TPSA) is 40.5 Å². The lowest BCUT2D eigenvalue weighted by Gasteiger charge is -2.34. The average Bonchev–Trinajstić information content (AvgIpc) is 2.91. The Balaban J connectivity index is 1.46. The Hall–Kier alpha value is -0.570. The van der Waals surface area contributed by atoms with Crippen LogP contribution in [-0.4, -0.2) is 35.6 Å². The number of piperidine rings is 1. The van der Waals surface area contributed by atoms with Gasteiger partial charge in [0.15, 0.2) is 0 Å². The van der Waals surface area contributed by atoms with E-state index in [1.165, 1.54) is 32.2 Å². The summed E-state index contributed by atoms with van der Waals surface area (Å²) in [6.45, 7) is 3.25. The molecule has 3 rings (SSSR count). The number of carboxylic acids is 1. The molecular formula is C14H23NO2. The third-order valence-corrected chi connectivity index (χ3v) is 5.31. The van der Waals surface area contributed by atoms with E-state index in [9.17, 15) is 4.79 Å². The highest BCUT2D eigenvalue weighted by atomic mass is 16.4. The van der Waals surface area contributed by atoms with E-state index in [0.717, 1.165) is 43.7 Å². The maximum absolute atomic E-state index is 10.9. The van der Waals surface area contributed by atoms with Gasteiger partial charge in [0.25, 0.3) is 0 Å². The molecule has 17 heavy (non-hydrogen) atoms. The molecule has 3 unspecified atom stereocenters. The molecule has 1 N–H and O–H groups in total. The second kappa shape index (κ2) is 4.60. The number of rotatable bonds is 3. The number of likely N-dealkylation sites (tertiary alicyclic amines) is 1. The van der Waals surface area contributed by atoms with Crippen LogP contribution >= 0.6 is 0 Å². The minimum atomic E-state index is -0.593. The van der Waals surface area contributed by atoms with Crippen LogP contribution < -0.4 is 0 Å². The molecule has 3 fully saturated rings. The van der Waals surface area contributed by atoms with Crippen molar-refractivity contribution in [1.29, 1.82) is 0 Å². The second-order valence-electron chi connectivity index (χ2n) is 6.35. The zero-order valence-corrected chi connectivity index (χ0v) is 10.5. The van der Waals surface area contributed by atoms with E-state index in [1.807, 2.05) is 0 Å². The Kier molecular flexibility index (Phi) is 3.12. The first-order valence-corrected chi connectivity index (χ1v) is 7.17. The highest BCUT2D eigenvalue weighted by molar-refractivity contribution is 5.70. The molecule has 0 radical (unpaired) electrons. The molecule has 0 spiro atoms. The van der Waals surface area contributed by atoms with E-state index in [2.05, 4.69) is 4.90 Å². The minimum Gasteiger partial charge on any atom is -0.481 e. The molecule has 0 amide bonds. The van der Waals surface area contributed by atoms with Crippen LogP contribution in [0.25, 0.3) is 0 Å². The van der Waals surface area contributed by atoms with Gasteiger partial charge in [0.2, 0.25) is 0 Å². The predicted octanol–water partition coefficient (Wildman–Crippen LogP) is 2.22. The number of carboxylic acid groups (broad SMARTS) is 1. The first kappa shape index (κ1) is 11.5. The van der Waals surface area contributed by atoms with Crippen LogP contribution in [0.3, 0.4) is 0 Å². The predicted molar refractivity (Wildman–Crippen MR) is 65.7 cm³/mol. The average molecular weight is 237 g/mol. The Labute approximate surface area is 103 Å². The summed E-state index contributed by atoms with van der Waals surface area (Å²) in [4.78, 5) is 13.4. The van der Waals surface area contributed by atoms with Gasteiger partial charge >= 0.3 is 5.97 Å². The van der Waals surface area contributed by atoms with E-state index >= 15 is 0 Å². The lowest BCUT2D eigenvalue weighted by molar-refractivity contribution is -0.143. The van der Waals surface area contributed by atoms with Crippen molar-refractivity contribution < 1.29 is 9.90 Å². The molecule has 1 saturated heterocycles. The number of hydrogen-bond donors (Lipinski definition) is 1. The van der Waals surface area contributed by atoms with Crippen molar-refractivity contribution in [2.24, 2.45) is 23.7 Å². The summed E-state index contributed by atoms with van der Waals surface area (Å²) < 4.78 is 0. The minimum absolute atomic E-state index is 0.0775. The summed E-state index contributed by atoms with van der Waals surface area (Å²) in [5.41, 5.74) is 0. The lowest BCUT2D eigenvalue weighted by atomic mass is 9.87. The maximum atomic E-state index is 10.9. The van der Waals surface area contributed by atoms with E-state index in [-0.39, 0.29) is 5.92 Å². The zero-order chi connectivity index (χ0) is 11.8. The van der Waals surface area contributed by atoms with Crippen molar-refractivity contribution in [3.63, 3.8) is 0 Å². The van der Waals surface area contributed by atoms with Crippen LogP contribution in [0.5, 0.6) is 0 Å². The monoisotopic (exact) mass is 237 g/mol. The van der Waals surface area contributed by atoms with Gasteiger partial charge in [0.05, 0.1) is 5.92 Å². The molecular weight excluding hydrogens is 214 g/mol. The molecule has 0 aromatic heterocycles. The molecule has 2 aliphatic carbocycles. The number of hydrogen-bond acceptors (Lipinski definition) is 2. The van der Waals surface area contributed by atoms with E-state index in [1.54, 1.807) is 0 Å². The molecule has 3 nitrogen and oxygen atoms in total. The number of fused-ring (bicyclic) bond motifs is 2. The smallest absolute Gasteiger partial charge is 0.306 e.